The number of nitrogens with zero attached hydrogens (tertiary/aromatic N) is 2. The molecule has 0 unspecified atom stereocenters. The summed E-state index contributed by atoms with van der Waals surface area (Å²) in [7, 11) is 0. The molecule has 0 amide bonds. The molecule has 0 spiro atoms. The van der Waals surface area contributed by atoms with Crippen LogP contribution in [0, 0.1) is 0 Å². The smallest absolute Gasteiger partial charge is 0.128 e. The minimum atomic E-state index is 0.499. The Morgan fingerprint density at radius 1 is 1.40 bits per heavy atom. The number of nitrogens with one attached hydrogen (secondary N) is 1. The second kappa shape index (κ2) is 6.51. The van der Waals surface area contributed by atoms with Crippen LogP contribution in [0.15, 0.2) is 12.3 Å². The minimum absolute atomic E-state index is 0.499. The van der Waals surface area contributed by atoms with E-state index in [1.165, 1.54) is 12.8 Å². The molecule has 1 N–H and O–H groups in total. The molecular weight excluding hydrogens is 186 g/mol. The normalized spacial score (nSPS) is 10.9. The van der Waals surface area contributed by atoms with E-state index in [4.69, 9.17) is 0 Å². The lowest BCUT2D eigenvalue weighted by Crippen LogP contribution is -2.22. The third kappa shape index (κ3) is 4.88. The highest BCUT2D eigenvalue weighted by atomic mass is 14.9. The Hall–Kier alpha value is -0.960. The predicted octanol–water partition coefficient (Wildman–Crippen LogP) is 2.32. The van der Waals surface area contributed by atoms with Crippen LogP contribution in [0.25, 0.3) is 0 Å². The number of aryl methyl sites for hydroxylation is 1. The molecule has 0 fully saturated rings. The van der Waals surface area contributed by atoms with Gasteiger partial charge in [-0.15, -0.1) is 0 Å². The van der Waals surface area contributed by atoms with E-state index in [0.717, 1.165) is 24.5 Å². The van der Waals surface area contributed by atoms with Crippen molar-refractivity contribution >= 4 is 0 Å². The Labute approximate surface area is 92.3 Å². The highest BCUT2D eigenvalue weighted by molar-refractivity contribution is 5.02. The van der Waals surface area contributed by atoms with Gasteiger partial charge in [0.15, 0.2) is 0 Å². The fraction of sp³-hybridized carbons (Fsp3) is 0.667. The third-order valence-electron chi connectivity index (χ3n) is 2.21. The molecule has 0 aromatic carbocycles. The van der Waals surface area contributed by atoms with Crippen molar-refractivity contribution in [2.24, 2.45) is 0 Å². The largest absolute Gasteiger partial charge is 0.309 e. The molecule has 0 aliphatic carbocycles. The summed E-state index contributed by atoms with van der Waals surface area (Å²) < 4.78 is 0. The van der Waals surface area contributed by atoms with Gasteiger partial charge >= 0.3 is 0 Å². The Balaban J connectivity index is 2.50. The molecule has 1 heterocycles. The van der Waals surface area contributed by atoms with Gasteiger partial charge in [-0.2, -0.15) is 0 Å². The lowest BCUT2D eigenvalue weighted by atomic mass is 10.2. The molecule has 3 heteroatoms. The zero-order valence-corrected chi connectivity index (χ0v) is 9.95. The Morgan fingerprint density at radius 3 is 2.87 bits per heavy atom. The quantitative estimate of drug-likeness (QED) is 0.778. The molecule has 1 aromatic rings. The van der Waals surface area contributed by atoms with Crippen LogP contribution in [-0.2, 0) is 13.0 Å². The fourth-order valence-corrected chi connectivity index (χ4v) is 1.30. The first-order valence-corrected chi connectivity index (χ1v) is 5.76. The van der Waals surface area contributed by atoms with Gasteiger partial charge in [-0.3, -0.25) is 0 Å². The van der Waals surface area contributed by atoms with Crippen molar-refractivity contribution in [3.63, 3.8) is 0 Å². The molecule has 0 atom stereocenters. The summed E-state index contributed by atoms with van der Waals surface area (Å²) in [6.07, 6.45) is 5.21. The second-order valence-electron chi connectivity index (χ2n) is 4.10. The molecule has 3 nitrogen and oxygen atoms in total. The molecule has 0 aliphatic heterocycles. The Morgan fingerprint density at radius 2 is 2.20 bits per heavy atom. The average Bonchev–Trinajstić information content (AvgIpc) is 2.24. The van der Waals surface area contributed by atoms with E-state index in [9.17, 15) is 0 Å². The third-order valence-corrected chi connectivity index (χ3v) is 2.21. The summed E-state index contributed by atoms with van der Waals surface area (Å²) in [5.41, 5.74) is 1.09. The first-order valence-electron chi connectivity index (χ1n) is 5.76. The first kappa shape index (κ1) is 12.1. The average molecular weight is 207 g/mol. The highest BCUT2D eigenvalue weighted by Crippen LogP contribution is 2.00. The first-order chi connectivity index (χ1) is 7.22. The van der Waals surface area contributed by atoms with Gasteiger partial charge in [0.1, 0.15) is 5.82 Å². The van der Waals surface area contributed by atoms with Crippen molar-refractivity contribution in [2.45, 2.75) is 52.6 Å². The van der Waals surface area contributed by atoms with Gasteiger partial charge in [-0.05, 0) is 12.5 Å². The van der Waals surface area contributed by atoms with Crippen LogP contribution >= 0.6 is 0 Å². The number of rotatable bonds is 6. The maximum absolute atomic E-state index is 4.51. The van der Waals surface area contributed by atoms with E-state index in [1.54, 1.807) is 0 Å². The standard InChI is InChI=1S/C12H21N3/c1-4-5-6-12-13-8-7-11(15-12)9-14-10(2)3/h7-8,10,14H,4-6,9H2,1-3H3. The van der Waals surface area contributed by atoms with Crippen LogP contribution in [0.3, 0.4) is 0 Å². The van der Waals surface area contributed by atoms with Gasteiger partial charge in [0.2, 0.25) is 0 Å². The molecule has 15 heavy (non-hydrogen) atoms. The number of aromatic nitrogens is 2. The maximum Gasteiger partial charge on any atom is 0.128 e. The number of unbranched alkanes of at least 4 members (excludes halogenated alkanes) is 1. The van der Waals surface area contributed by atoms with E-state index in [0.29, 0.717) is 6.04 Å². The monoisotopic (exact) mass is 207 g/mol. The maximum atomic E-state index is 4.51. The van der Waals surface area contributed by atoms with Gasteiger partial charge in [0.05, 0.1) is 5.69 Å². The summed E-state index contributed by atoms with van der Waals surface area (Å²) in [4.78, 5) is 8.77. The lowest BCUT2D eigenvalue weighted by molar-refractivity contribution is 0.578. The summed E-state index contributed by atoms with van der Waals surface area (Å²) >= 11 is 0. The lowest BCUT2D eigenvalue weighted by Gasteiger charge is -2.07. The fourth-order valence-electron chi connectivity index (χ4n) is 1.30. The van der Waals surface area contributed by atoms with Crippen LogP contribution in [0.1, 0.15) is 45.1 Å². The van der Waals surface area contributed by atoms with Gasteiger partial charge in [-0.1, -0.05) is 27.2 Å². The van der Waals surface area contributed by atoms with Crippen LogP contribution in [0.4, 0.5) is 0 Å². The summed E-state index contributed by atoms with van der Waals surface area (Å²) in [5, 5.41) is 3.35. The Bertz CT molecular complexity index is 284. The summed E-state index contributed by atoms with van der Waals surface area (Å²) in [6.45, 7) is 7.29. The molecule has 0 bridgehead atoms. The molecule has 0 radical (unpaired) electrons. The second-order valence-corrected chi connectivity index (χ2v) is 4.10. The van der Waals surface area contributed by atoms with Gasteiger partial charge in [0, 0.05) is 25.2 Å². The highest BCUT2D eigenvalue weighted by Gasteiger charge is 1.99. The molecule has 84 valence electrons. The number of hydrogen-bond acceptors (Lipinski definition) is 3. The van der Waals surface area contributed by atoms with Crippen LogP contribution in [-0.4, -0.2) is 16.0 Å². The van der Waals surface area contributed by atoms with Crippen molar-refractivity contribution in [1.29, 1.82) is 0 Å². The number of hydrogen-bond donors (Lipinski definition) is 1. The van der Waals surface area contributed by atoms with Crippen molar-refractivity contribution < 1.29 is 0 Å². The summed E-state index contributed by atoms with van der Waals surface area (Å²) in [5.74, 6) is 0.972. The molecule has 1 rings (SSSR count). The van der Waals surface area contributed by atoms with Crippen LogP contribution in [0.2, 0.25) is 0 Å². The topological polar surface area (TPSA) is 37.8 Å². The SMILES string of the molecule is CCCCc1nccc(CNC(C)C)n1. The van der Waals surface area contributed by atoms with E-state index in [2.05, 4.69) is 36.1 Å². The zero-order chi connectivity index (χ0) is 11.1. The summed E-state index contributed by atoms with van der Waals surface area (Å²) in [6, 6.07) is 2.48. The molecule has 0 saturated heterocycles. The van der Waals surface area contributed by atoms with Crippen LogP contribution < -0.4 is 5.32 Å². The molecule has 0 aliphatic rings. The minimum Gasteiger partial charge on any atom is -0.309 e. The van der Waals surface area contributed by atoms with Crippen molar-refractivity contribution in [2.75, 3.05) is 0 Å². The van der Waals surface area contributed by atoms with E-state index >= 15 is 0 Å². The zero-order valence-electron chi connectivity index (χ0n) is 9.95. The van der Waals surface area contributed by atoms with Gasteiger partial charge in [0.25, 0.3) is 0 Å². The molecule has 0 saturated carbocycles. The van der Waals surface area contributed by atoms with E-state index in [1.807, 2.05) is 12.3 Å². The van der Waals surface area contributed by atoms with Crippen molar-refractivity contribution in [1.82, 2.24) is 15.3 Å². The Kier molecular flexibility index (Phi) is 5.26. The van der Waals surface area contributed by atoms with Gasteiger partial charge in [-0.25, -0.2) is 9.97 Å². The van der Waals surface area contributed by atoms with Crippen molar-refractivity contribution in [3.05, 3.63) is 23.8 Å². The van der Waals surface area contributed by atoms with Crippen molar-refractivity contribution in [3.8, 4) is 0 Å². The molecular formula is C12H21N3. The predicted molar refractivity (Wildman–Crippen MR) is 62.6 cm³/mol. The van der Waals surface area contributed by atoms with Crippen LogP contribution in [0.5, 0.6) is 0 Å². The molecule has 1 aromatic heterocycles. The van der Waals surface area contributed by atoms with E-state index < -0.39 is 0 Å². The van der Waals surface area contributed by atoms with Gasteiger partial charge < -0.3 is 5.32 Å². The van der Waals surface area contributed by atoms with E-state index in [-0.39, 0.29) is 0 Å².